The first-order valence-corrected chi connectivity index (χ1v) is 5.34. The Hall–Kier alpha value is -1.39. The van der Waals surface area contributed by atoms with Crippen LogP contribution in [0.3, 0.4) is 0 Å². The predicted octanol–water partition coefficient (Wildman–Crippen LogP) is 1.33. The van der Waals surface area contributed by atoms with E-state index in [1.165, 1.54) is 0 Å². The molecule has 0 aliphatic heterocycles. The minimum atomic E-state index is -0.841. The number of imidazole rings is 1. The molecule has 0 radical (unpaired) electrons. The van der Waals surface area contributed by atoms with Crippen molar-refractivity contribution < 1.29 is 5.11 Å². The number of fused-ring (bicyclic) bond motifs is 1. The van der Waals surface area contributed by atoms with Crippen LogP contribution < -0.4 is 5.73 Å². The van der Waals surface area contributed by atoms with Crippen molar-refractivity contribution in [1.82, 2.24) is 9.38 Å². The van der Waals surface area contributed by atoms with Crippen LogP contribution in [0, 0.1) is 6.92 Å². The van der Waals surface area contributed by atoms with E-state index in [9.17, 15) is 5.11 Å². The molecule has 16 heavy (non-hydrogen) atoms. The number of nitrogens with two attached hydrogens (primary N) is 1. The van der Waals surface area contributed by atoms with Gasteiger partial charge in [-0.1, -0.05) is 0 Å². The van der Waals surface area contributed by atoms with E-state index < -0.39 is 5.60 Å². The van der Waals surface area contributed by atoms with Gasteiger partial charge in [-0.05, 0) is 38.5 Å². The summed E-state index contributed by atoms with van der Waals surface area (Å²) in [7, 11) is 0. The summed E-state index contributed by atoms with van der Waals surface area (Å²) in [5, 5.41) is 9.96. The van der Waals surface area contributed by atoms with Crippen molar-refractivity contribution in [2.45, 2.75) is 32.9 Å². The van der Waals surface area contributed by atoms with Crippen LogP contribution in [-0.4, -0.2) is 14.5 Å². The highest BCUT2D eigenvalue weighted by Gasteiger charge is 2.17. The SMILES string of the molecule is Cc1nc(CN)c2cc(C(C)(C)O)ccn12. The van der Waals surface area contributed by atoms with Crippen molar-refractivity contribution in [3.63, 3.8) is 0 Å². The van der Waals surface area contributed by atoms with Crippen LogP contribution in [0.5, 0.6) is 0 Å². The second-order valence-electron chi connectivity index (χ2n) is 4.54. The van der Waals surface area contributed by atoms with Gasteiger partial charge < -0.3 is 15.2 Å². The molecular formula is C12H17N3O. The molecule has 86 valence electrons. The van der Waals surface area contributed by atoms with E-state index >= 15 is 0 Å². The standard InChI is InChI=1S/C12H17N3O/c1-8-14-10(7-13)11-6-9(12(2,3)16)4-5-15(8)11/h4-6,16H,7,13H2,1-3H3. The third-order valence-electron chi connectivity index (χ3n) is 2.80. The summed E-state index contributed by atoms with van der Waals surface area (Å²) in [6, 6.07) is 3.85. The van der Waals surface area contributed by atoms with E-state index in [1.54, 1.807) is 13.8 Å². The minimum absolute atomic E-state index is 0.409. The molecule has 2 rings (SSSR count). The summed E-state index contributed by atoms with van der Waals surface area (Å²) in [5.41, 5.74) is 7.51. The van der Waals surface area contributed by atoms with E-state index in [-0.39, 0.29) is 0 Å². The molecule has 2 heterocycles. The first-order valence-electron chi connectivity index (χ1n) is 5.34. The number of hydrogen-bond acceptors (Lipinski definition) is 3. The molecule has 0 bridgehead atoms. The van der Waals surface area contributed by atoms with Gasteiger partial charge >= 0.3 is 0 Å². The third-order valence-corrected chi connectivity index (χ3v) is 2.80. The molecule has 0 saturated carbocycles. The van der Waals surface area contributed by atoms with E-state index in [0.717, 1.165) is 22.6 Å². The fourth-order valence-electron chi connectivity index (χ4n) is 1.84. The number of aromatic nitrogens is 2. The summed E-state index contributed by atoms with van der Waals surface area (Å²) in [4.78, 5) is 4.39. The Labute approximate surface area is 94.7 Å². The number of aliphatic hydroxyl groups is 1. The first-order chi connectivity index (χ1) is 7.43. The molecule has 3 N–H and O–H groups in total. The first kappa shape index (κ1) is 11.1. The highest BCUT2D eigenvalue weighted by Crippen LogP contribution is 2.23. The van der Waals surface area contributed by atoms with Crippen molar-refractivity contribution >= 4 is 5.52 Å². The molecule has 0 atom stereocenters. The highest BCUT2D eigenvalue weighted by molar-refractivity contribution is 5.55. The second-order valence-corrected chi connectivity index (χ2v) is 4.54. The van der Waals surface area contributed by atoms with E-state index in [0.29, 0.717) is 6.54 Å². The molecule has 0 fully saturated rings. The maximum atomic E-state index is 9.96. The van der Waals surface area contributed by atoms with Crippen LogP contribution in [0.2, 0.25) is 0 Å². The fraction of sp³-hybridized carbons (Fsp3) is 0.417. The Morgan fingerprint density at radius 3 is 2.75 bits per heavy atom. The Balaban J connectivity index is 2.69. The third kappa shape index (κ3) is 1.70. The smallest absolute Gasteiger partial charge is 0.110 e. The normalized spacial score (nSPS) is 12.3. The van der Waals surface area contributed by atoms with Crippen molar-refractivity contribution in [2.24, 2.45) is 5.73 Å². The van der Waals surface area contributed by atoms with Crippen molar-refractivity contribution in [3.05, 3.63) is 35.4 Å². The largest absolute Gasteiger partial charge is 0.386 e. The number of pyridine rings is 1. The predicted molar refractivity (Wildman–Crippen MR) is 63.1 cm³/mol. The van der Waals surface area contributed by atoms with E-state index in [2.05, 4.69) is 4.98 Å². The lowest BCUT2D eigenvalue weighted by Crippen LogP contribution is -2.15. The summed E-state index contributed by atoms with van der Waals surface area (Å²) in [6.45, 7) is 5.89. The lowest BCUT2D eigenvalue weighted by molar-refractivity contribution is 0.0786. The zero-order valence-corrected chi connectivity index (χ0v) is 9.86. The molecular weight excluding hydrogens is 202 g/mol. The molecule has 0 aliphatic rings. The van der Waals surface area contributed by atoms with Gasteiger partial charge in [0.1, 0.15) is 5.82 Å². The number of aryl methyl sites for hydroxylation is 1. The molecule has 0 saturated heterocycles. The van der Waals surface area contributed by atoms with Gasteiger partial charge in [-0.15, -0.1) is 0 Å². The molecule has 0 aliphatic carbocycles. The maximum Gasteiger partial charge on any atom is 0.110 e. The maximum absolute atomic E-state index is 9.96. The molecule has 4 heteroatoms. The van der Waals surface area contributed by atoms with Crippen molar-refractivity contribution in [3.8, 4) is 0 Å². The summed E-state index contributed by atoms with van der Waals surface area (Å²) < 4.78 is 1.98. The summed E-state index contributed by atoms with van der Waals surface area (Å²) in [6.07, 6.45) is 1.92. The van der Waals surface area contributed by atoms with Crippen LogP contribution in [0.1, 0.15) is 30.9 Å². The Kier molecular flexibility index (Phi) is 2.48. The van der Waals surface area contributed by atoms with Gasteiger partial charge in [0.25, 0.3) is 0 Å². The monoisotopic (exact) mass is 219 g/mol. The van der Waals surface area contributed by atoms with E-state index in [1.807, 2.05) is 29.7 Å². The van der Waals surface area contributed by atoms with Gasteiger partial charge in [-0.3, -0.25) is 0 Å². The average Bonchev–Trinajstić information content (AvgIpc) is 2.54. The molecule has 2 aromatic heterocycles. The van der Waals surface area contributed by atoms with Gasteiger partial charge in [0.2, 0.25) is 0 Å². The van der Waals surface area contributed by atoms with Gasteiger partial charge in [0, 0.05) is 12.7 Å². The van der Waals surface area contributed by atoms with E-state index in [4.69, 9.17) is 5.73 Å². The minimum Gasteiger partial charge on any atom is -0.386 e. The van der Waals surface area contributed by atoms with Gasteiger partial charge in [-0.2, -0.15) is 0 Å². The van der Waals surface area contributed by atoms with Gasteiger partial charge in [-0.25, -0.2) is 4.98 Å². The van der Waals surface area contributed by atoms with Crippen LogP contribution in [0.15, 0.2) is 18.3 Å². The Bertz CT molecular complexity index is 523. The van der Waals surface area contributed by atoms with Crippen molar-refractivity contribution in [1.29, 1.82) is 0 Å². The molecule has 0 aromatic carbocycles. The van der Waals surface area contributed by atoms with Crippen molar-refractivity contribution in [2.75, 3.05) is 0 Å². The second kappa shape index (κ2) is 3.57. The quantitative estimate of drug-likeness (QED) is 0.801. The summed E-state index contributed by atoms with van der Waals surface area (Å²) in [5.74, 6) is 0.915. The number of nitrogens with zero attached hydrogens (tertiary/aromatic N) is 2. The molecule has 0 spiro atoms. The van der Waals surface area contributed by atoms with Crippen LogP contribution >= 0.6 is 0 Å². The van der Waals surface area contributed by atoms with Gasteiger partial charge in [0.05, 0.1) is 16.8 Å². The van der Waals surface area contributed by atoms with Crippen LogP contribution in [0.4, 0.5) is 0 Å². The van der Waals surface area contributed by atoms with Crippen LogP contribution in [0.25, 0.3) is 5.52 Å². The lowest BCUT2D eigenvalue weighted by Gasteiger charge is -2.18. The lowest BCUT2D eigenvalue weighted by atomic mass is 9.99. The zero-order valence-electron chi connectivity index (χ0n) is 9.86. The fourth-order valence-corrected chi connectivity index (χ4v) is 1.84. The Morgan fingerprint density at radius 2 is 2.19 bits per heavy atom. The van der Waals surface area contributed by atoms with Gasteiger partial charge in [0.15, 0.2) is 0 Å². The van der Waals surface area contributed by atoms with Crippen LogP contribution in [-0.2, 0) is 12.1 Å². The molecule has 0 unspecified atom stereocenters. The highest BCUT2D eigenvalue weighted by atomic mass is 16.3. The number of hydrogen-bond donors (Lipinski definition) is 2. The molecule has 4 nitrogen and oxygen atoms in total. The zero-order chi connectivity index (χ0) is 11.9. The Morgan fingerprint density at radius 1 is 1.50 bits per heavy atom. The number of rotatable bonds is 2. The summed E-state index contributed by atoms with van der Waals surface area (Å²) >= 11 is 0. The topological polar surface area (TPSA) is 63.5 Å². The average molecular weight is 219 g/mol. The molecule has 0 amide bonds. The molecule has 2 aromatic rings.